The molecular formula is C65H47NS. The molecule has 0 aliphatic heterocycles. The van der Waals surface area contributed by atoms with Gasteiger partial charge in [0.15, 0.2) is 0 Å². The lowest BCUT2D eigenvalue weighted by Gasteiger charge is -2.29. The van der Waals surface area contributed by atoms with Gasteiger partial charge < -0.3 is 4.90 Å². The number of rotatable bonds is 7. The fourth-order valence-electron chi connectivity index (χ4n) is 11.7. The van der Waals surface area contributed by atoms with Crippen molar-refractivity contribution < 1.29 is 0 Å². The Bertz CT molecular complexity index is 3730. The van der Waals surface area contributed by atoms with Gasteiger partial charge >= 0.3 is 0 Å². The van der Waals surface area contributed by atoms with Crippen LogP contribution in [0, 0.1) is 0 Å². The van der Waals surface area contributed by atoms with Crippen molar-refractivity contribution in [3.8, 4) is 55.6 Å². The molecule has 1 aromatic heterocycles. The molecule has 0 amide bonds. The summed E-state index contributed by atoms with van der Waals surface area (Å²) in [6.45, 7) is 7.15. The van der Waals surface area contributed by atoms with Crippen molar-refractivity contribution in [3.05, 3.63) is 258 Å². The molecule has 1 heterocycles. The summed E-state index contributed by atoms with van der Waals surface area (Å²) in [7, 11) is 0. The van der Waals surface area contributed by atoms with Crippen LogP contribution in [0.4, 0.5) is 17.1 Å². The topological polar surface area (TPSA) is 3.24 Å². The van der Waals surface area contributed by atoms with Crippen LogP contribution in [0.3, 0.4) is 0 Å². The first-order valence-electron chi connectivity index (χ1n) is 23.4. The van der Waals surface area contributed by atoms with Crippen LogP contribution in [0.25, 0.3) is 75.8 Å². The van der Waals surface area contributed by atoms with Gasteiger partial charge in [-0.3, -0.25) is 0 Å². The molecule has 0 N–H and O–H groups in total. The maximum Gasteiger partial charge on any atom is 0.0467 e. The number of benzene rings is 10. The molecule has 2 aliphatic rings. The zero-order valence-corrected chi connectivity index (χ0v) is 38.6. The van der Waals surface area contributed by atoms with Gasteiger partial charge in [0.1, 0.15) is 0 Å². The highest BCUT2D eigenvalue weighted by atomic mass is 32.1. The second kappa shape index (κ2) is 15.1. The van der Waals surface area contributed by atoms with Crippen LogP contribution in [-0.2, 0) is 10.8 Å². The average Bonchev–Trinajstić information content (AvgIpc) is 3.98. The van der Waals surface area contributed by atoms with Gasteiger partial charge in [0.25, 0.3) is 0 Å². The van der Waals surface area contributed by atoms with Crippen LogP contribution < -0.4 is 4.90 Å². The van der Waals surface area contributed by atoms with Gasteiger partial charge in [-0.05, 0) is 145 Å². The quantitative estimate of drug-likeness (QED) is 0.154. The number of hydrogen-bond donors (Lipinski definition) is 0. The zero-order chi connectivity index (χ0) is 44.9. The number of hydrogen-bond acceptors (Lipinski definition) is 2. The SMILES string of the molecule is CC1(C)c2ccccc2-c2cccc(-c3cccc(N(c4ccc(-c5ccc6c(c5)C(C)(c5ccccc5)c5ccccc5-6)cc4)c4ccc(-c5cccc6sc7ccccc7c56)cc4)c3)c21. The monoisotopic (exact) mass is 873 g/mol. The van der Waals surface area contributed by atoms with E-state index in [4.69, 9.17) is 0 Å². The second-order valence-electron chi connectivity index (χ2n) is 19.0. The van der Waals surface area contributed by atoms with E-state index in [0.29, 0.717) is 0 Å². The highest BCUT2D eigenvalue weighted by molar-refractivity contribution is 7.25. The van der Waals surface area contributed by atoms with Crippen molar-refractivity contribution in [2.75, 3.05) is 4.90 Å². The molecule has 2 aliphatic carbocycles. The van der Waals surface area contributed by atoms with E-state index < -0.39 is 0 Å². The normalized spacial score (nSPS) is 15.3. The molecule has 1 atom stereocenters. The Hall–Kier alpha value is -7.78. The molecular weight excluding hydrogens is 827 g/mol. The van der Waals surface area contributed by atoms with Gasteiger partial charge in [-0.15, -0.1) is 11.3 Å². The third-order valence-electron chi connectivity index (χ3n) is 15.0. The molecule has 0 radical (unpaired) electrons. The Morgan fingerprint density at radius 3 is 1.70 bits per heavy atom. The second-order valence-corrected chi connectivity index (χ2v) is 20.0. The van der Waals surface area contributed by atoms with Crippen LogP contribution >= 0.6 is 11.3 Å². The molecule has 1 unspecified atom stereocenters. The summed E-state index contributed by atoms with van der Waals surface area (Å²) in [5, 5.41) is 2.65. The summed E-state index contributed by atoms with van der Waals surface area (Å²) < 4.78 is 2.64. The van der Waals surface area contributed by atoms with Gasteiger partial charge in [-0.25, -0.2) is 0 Å². The van der Waals surface area contributed by atoms with E-state index in [1.807, 2.05) is 11.3 Å². The molecule has 1 nitrogen and oxygen atoms in total. The van der Waals surface area contributed by atoms with Crippen LogP contribution in [0.2, 0.25) is 0 Å². The van der Waals surface area contributed by atoms with E-state index in [2.05, 4.69) is 256 Å². The molecule has 2 heteroatoms. The molecule has 318 valence electrons. The Balaban J connectivity index is 0.925. The molecule has 10 aromatic carbocycles. The molecule has 13 rings (SSSR count). The first-order chi connectivity index (χ1) is 32.9. The van der Waals surface area contributed by atoms with E-state index in [1.54, 1.807) is 0 Å². The van der Waals surface area contributed by atoms with Crippen molar-refractivity contribution in [2.24, 2.45) is 0 Å². The Morgan fingerprint density at radius 2 is 0.910 bits per heavy atom. The maximum absolute atomic E-state index is 2.44. The van der Waals surface area contributed by atoms with Gasteiger partial charge in [0.2, 0.25) is 0 Å². The summed E-state index contributed by atoms with van der Waals surface area (Å²) >= 11 is 1.87. The van der Waals surface area contributed by atoms with Crippen LogP contribution in [0.15, 0.2) is 231 Å². The van der Waals surface area contributed by atoms with Gasteiger partial charge in [-0.2, -0.15) is 0 Å². The van der Waals surface area contributed by atoms with Gasteiger partial charge in [-0.1, -0.05) is 190 Å². The minimum absolute atomic E-state index is 0.126. The number of anilines is 3. The molecule has 11 aromatic rings. The average molecular weight is 874 g/mol. The molecule has 0 fully saturated rings. The van der Waals surface area contributed by atoms with Crippen LogP contribution in [0.5, 0.6) is 0 Å². The van der Waals surface area contributed by atoms with E-state index in [9.17, 15) is 0 Å². The molecule has 67 heavy (non-hydrogen) atoms. The largest absolute Gasteiger partial charge is 0.310 e. The maximum atomic E-state index is 2.44. The molecule has 0 saturated heterocycles. The summed E-state index contributed by atoms with van der Waals surface area (Å²) in [6.07, 6.45) is 0. The van der Waals surface area contributed by atoms with Crippen molar-refractivity contribution in [3.63, 3.8) is 0 Å². The number of thiophene rings is 1. The standard InChI is InChI=1S/C65H47NS/c1-64(2)57-26-10-7-21-53(57)55-25-14-24-51(63(55)64)45-16-13-19-49(40-45)66(48-37-32-43(33-38-48)50-23-15-29-61-62(50)56-22-9-12-28-60(56)67-61)47-35-30-42(31-36-47)44-34-39-54-52-20-8-11-27-58(52)65(3,59(54)41-44)46-17-5-4-6-18-46/h4-41H,1-3H3. The number of nitrogens with zero attached hydrogens (tertiary/aromatic N) is 1. The number of fused-ring (bicyclic) bond motifs is 9. The van der Waals surface area contributed by atoms with E-state index in [0.717, 1.165) is 17.1 Å². The van der Waals surface area contributed by atoms with Crippen molar-refractivity contribution in [1.82, 2.24) is 0 Å². The van der Waals surface area contributed by atoms with Crippen LogP contribution in [-0.4, -0.2) is 0 Å². The van der Waals surface area contributed by atoms with Crippen molar-refractivity contribution >= 4 is 48.6 Å². The highest BCUT2D eigenvalue weighted by Gasteiger charge is 2.41. The Labute approximate surface area is 396 Å². The highest BCUT2D eigenvalue weighted by Crippen LogP contribution is 2.54. The Morgan fingerprint density at radius 1 is 0.343 bits per heavy atom. The molecule has 0 spiro atoms. The third-order valence-corrected chi connectivity index (χ3v) is 16.1. The Kier molecular flexibility index (Phi) is 8.94. The van der Waals surface area contributed by atoms with Crippen LogP contribution in [0.1, 0.15) is 48.6 Å². The predicted octanol–water partition coefficient (Wildman–Crippen LogP) is 18.2. The summed E-state index contributed by atoms with van der Waals surface area (Å²) in [5.41, 5.74) is 22.4. The third kappa shape index (κ3) is 6.06. The summed E-state index contributed by atoms with van der Waals surface area (Å²) in [6, 6.07) is 85.8. The molecule has 0 bridgehead atoms. The summed E-state index contributed by atoms with van der Waals surface area (Å²) in [4.78, 5) is 2.42. The minimum Gasteiger partial charge on any atom is -0.310 e. The molecule has 0 saturated carbocycles. The van der Waals surface area contributed by atoms with E-state index >= 15 is 0 Å². The van der Waals surface area contributed by atoms with Gasteiger partial charge in [0, 0.05) is 48.1 Å². The fourth-order valence-corrected chi connectivity index (χ4v) is 12.8. The fraction of sp³-hybridized carbons (Fsp3) is 0.0769. The van der Waals surface area contributed by atoms with Gasteiger partial charge in [0.05, 0.1) is 0 Å². The first kappa shape index (κ1) is 39.6. The lowest BCUT2D eigenvalue weighted by Crippen LogP contribution is -2.22. The smallest absolute Gasteiger partial charge is 0.0467 e. The minimum atomic E-state index is -0.254. The van der Waals surface area contributed by atoms with Crippen molar-refractivity contribution in [2.45, 2.75) is 31.6 Å². The van der Waals surface area contributed by atoms with Crippen molar-refractivity contribution in [1.29, 1.82) is 0 Å². The zero-order valence-electron chi connectivity index (χ0n) is 37.8. The lowest BCUT2D eigenvalue weighted by atomic mass is 9.74. The summed E-state index contributed by atoms with van der Waals surface area (Å²) in [5.74, 6) is 0. The van der Waals surface area contributed by atoms with E-state index in [-0.39, 0.29) is 10.8 Å². The predicted molar refractivity (Wildman–Crippen MR) is 285 cm³/mol. The first-order valence-corrected chi connectivity index (χ1v) is 24.2. The lowest BCUT2D eigenvalue weighted by molar-refractivity contribution is 0.662. The van der Waals surface area contributed by atoms with E-state index in [1.165, 1.54) is 104 Å².